The van der Waals surface area contributed by atoms with Gasteiger partial charge in [0.2, 0.25) is 0 Å². The molecule has 0 unspecified atom stereocenters. The highest BCUT2D eigenvalue weighted by Crippen LogP contribution is 2.47. The molecule has 4 N–H and O–H groups in total. The van der Waals surface area contributed by atoms with Crippen molar-refractivity contribution < 1.29 is 26.7 Å². The molecule has 1 aromatic carbocycles. The molecule has 1 aliphatic carbocycles. The first-order chi connectivity index (χ1) is 20.3. The van der Waals surface area contributed by atoms with Crippen molar-refractivity contribution in [2.45, 2.75) is 74.9 Å². The Morgan fingerprint density at radius 3 is 2.65 bits per heavy atom. The summed E-state index contributed by atoms with van der Waals surface area (Å²) in [6.45, 7) is 2.86. The van der Waals surface area contributed by atoms with Crippen LogP contribution >= 0.6 is 11.6 Å². The van der Waals surface area contributed by atoms with Crippen molar-refractivity contribution >= 4 is 34.1 Å². The fourth-order valence-corrected chi connectivity index (χ4v) is 8.08. The molecule has 0 spiro atoms. The van der Waals surface area contributed by atoms with E-state index >= 15 is 4.39 Å². The fourth-order valence-electron chi connectivity index (χ4n) is 7.80. The van der Waals surface area contributed by atoms with Gasteiger partial charge in [0.1, 0.15) is 29.9 Å². The quantitative estimate of drug-likeness (QED) is 0.363. The first-order valence-corrected chi connectivity index (χ1v) is 14.8. The maximum absolute atomic E-state index is 16.6. The van der Waals surface area contributed by atoms with Crippen LogP contribution < -0.4 is 21.1 Å². The second-order valence-electron chi connectivity index (χ2n) is 12.6. The predicted molar refractivity (Wildman–Crippen MR) is 152 cm³/mol. The van der Waals surface area contributed by atoms with E-state index in [2.05, 4.69) is 19.9 Å². The lowest BCUT2D eigenvalue weighted by atomic mass is 9.95. The van der Waals surface area contributed by atoms with E-state index in [4.69, 9.17) is 27.8 Å². The van der Waals surface area contributed by atoms with Gasteiger partial charge in [0.25, 0.3) is 0 Å². The van der Waals surface area contributed by atoms with Gasteiger partial charge in [-0.3, -0.25) is 4.90 Å². The zero-order valence-corrected chi connectivity index (χ0v) is 24.2. The average Bonchev–Trinajstić information content (AvgIpc) is 3.64. The molecule has 5 heterocycles. The van der Waals surface area contributed by atoms with Crippen LogP contribution in [0.25, 0.3) is 22.2 Å². The predicted octanol–water partition coefficient (Wildman–Crippen LogP) is 5.42. The Labute approximate surface area is 249 Å². The summed E-state index contributed by atoms with van der Waals surface area (Å²) in [5.41, 5.74) is 8.53. The van der Waals surface area contributed by atoms with E-state index in [-0.39, 0.29) is 46.0 Å². The maximum atomic E-state index is 16.6. The Balaban J connectivity index is 1.39. The average molecular weight is 624 g/mol. The van der Waals surface area contributed by atoms with Gasteiger partial charge in [0.05, 0.1) is 27.4 Å². The Morgan fingerprint density at radius 2 is 1.95 bits per heavy atom. The van der Waals surface area contributed by atoms with E-state index in [1.165, 1.54) is 13.0 Å². The van der Waals surface area contributed by atoms with E-state index in [9.17, 15) is 17.6 Å². The van der Waals surface area contributed by atoms with Gasteiger partial charge in [-0.1, -0.05) is 11.6 Å². The van der Waals surface area contributed by atoms with Gasteiger partial charge < -0.3 is 21.1 Å². The minimum atomic E-state index is -4.86. The summed E-state index contributed by atoms with van der Waals surface area (Å²) in [6, 6.07) is 2.33. The standard InChI is InChI=1S/C29H31ClF5N7O/c1-14-7-19(36)38-24(21(14)29(33,34)35)20-18(30)8-17-23(22(20)32)39-26(40-25(17)42-12-27(37)5-3-16(42)10-27)43-13-28-4-2-6-41(28)11-15(31)9-28/h7-8,15-16H,2-6,9-13,37H2,1H3,(H2,36,38)/t15-,16-,27-,28-/m1/s1. The molecule has 14 heteroatoms. The van der Waals surface area contributed by atoms with Crippen LogP contribution in [-0.2, 0) is 6.18 Å². The Morgan fingerprint density at radius 1 is 1.16 bits per heavy atom. The van der Waals surface area contributed by atoms with Crippen LogP contribution in [0.1, 0.15) is 49.7 Å². The monoisotopic (exact) mass is 623 g/mol. The van der Waals surface area contributed by atoms with Crippen LogP contribution in [-0.4, -0.2) is 69.4 Å². The van der Waals surface area contributed by atoms with Crippen LogP contribution in [0.5, 0.6) is 6.01 Å². The van der Waals surface area contributed by atoms with Gasteiger partial charge in [0.15, 0.2) is 5.82 Å². The summed E-state index contributed by atoms with van der Waals surface area (Å²) in [5.74, 6) is -0.975. The Bertz CT molecular complexity index is 1640. The highest BCUT2D eigenvalue weighted by Gasteiger charge is 2.50. The van der Waals surface area contributed by atoms with Crippen molar-refractivity contribution in [3.8, 4) is 17.3 Å². The lowest BCUT2D eigenvalue weighted by Crippen LogP contribution is -2.45. The second-order valence-corrected chi connectivity index (χ2v) is 13.0. The van der Waals surface area contributed by atoms with Crippen molar-refractivity contribution in [3.63, 3.8) is 0 Å². The summed E-state index contributed by atoms with van der Waals surface area (Å²) in [7, 11) is 0. The number of aromatic nitrogens is 3. The second kappa shape index (κ2) is 9.73. The number of hydrogen-bond acceptors (Lipinski definition) is 8. The molecule has 3 saturated heterocycles. The number of ether oxygens (including phenoxy) is 1. The van der Waals surface area contributed by atoms with Crippen LogP contribution in [0.3, 0.4) is 0 Å². The molecular weight excluding hydrogens is 593 g/mol. The number of nitrogens with zero attached hydrogens (tertiary/aromatic N) is 5. The van der Waals surface area contributed by atoms with Crippen molar-refractivity contribution in [1.29, 1.82) is 0 Å². The third-order valence-corrected chi connectivity index (χ3v) is 9.94. The SMILES string of the molecule is Cc1cc(N)nc(-c2c(Cl)cc3c(N4C[C@@]5(N)CC[C@@H]4C5)nc(OC[C@]45CCCN4C[C@H](F)C5)nc3c2F)c1C(F)(F)F. The summed E-state index contributed by atoms with van der Waals surface area (Å²) < 4.78 is 79.7. The number of piperidine rings is 1. The molecule has 2 aromatic heterocycles. The highest BCUT2D eigenvalue weighted by atomic mass is 35.5. The van der Waals surface area contributed by atoms with Crippen molar-refractivity contribution in [2.24, 2.45) is 5.73 Å². The molecule has 43 heavy (non-hydrogen) atoms. The molecule has 2 bridgehead atoms. The van der Waals surface area contributed by atoms with Crippen LogP contribution in [0.15, 0.2) is 12.1 Å². The summed E-state index contributed by atoms with van der Waals surface area (Å²) in [4.78, 5) is 17.0. The number of fused-ring (bicyclic) bond motifs is 4. The van der Waals surface area contributed by atoms with Gasteiger partial charge in [0, 0.05) is 36.5 Å². The molecule has 0 amide bonds. The number of anilines is 2. The third kappa shape index (κ3) is 4.65. The fraction of sp³-hybridized carbons (Fsp3) is 0.552. The largest absolute Gasteiger partial charge is 0.461 e. The topological polar surface area (TPSA) is 106 Å². The number of halogens is 6. The molecular formula is C29H31ClF5N7O. The van der Waals surface area contributed by atoms with Crippen LogP contribution in [0, 0.1) is 12.7 Å². The molecule has 4 atom stereocenters. The molecule has 1 saturated carbocycles. The van der Waals surface area contributed by atoms with Crippen molar-refractivity contribution in [3.05, 3.63) is 34.1 Å². The molecule has 0 radical (unpaired) electrons. The first-order valence-electron chi connectivity index (χ1n) is 14.4. The van der Waals surface area contributed by atoms with Crippen LogP contribution in [0.4, 0.5) is 33.6 Å². The molecule has 4 aliphatic rings. The van der Waals surface area contributed by atoms with Gasteiger partial charge in [-0.25, -0.2) is 13.8 Å². The normalized spacial score (nSPS) is 28.8. The maximum Gasteiger partial charge on any atom is 0.418 e. The Hall–Kier alpha value is -3.03. The van der Waals surface area contributed by atoms with Gasteiger partial charge >= 0.3 is 12.2 Å². The van der Waals surface area contributed by atoms with Gasteiger partial charge in [-0.15, -0.1) is 0 Å². The number of rotatable bonds is 5. The summed E-state index contributed by atoms with van der Waals surface area (Å²) in [5, 5.41) is -0.0759. The number of benzene rings is 1. The summed E-state index contributed by atoms with van der Waals surface area (Å²) in [6.07, 6.45) is -1.51. The number of hydrogen-bond donors (Lipinski definition) is 2. The van der Waals surface area contributed by atoms with Crippen LogP contribution in [0.2, 0.25) is 5.02 Å². The first kappa shape index (κ1) is 28.7. The number of pyridine rings is 1. The third-order valence-electron chi connectivity index (χ3n) is 9.65. The minimum absolute atomic E-state index is 0.0404. The van der Waals surface area contributed by atoms with E-state index in [1.54, 1.807) is 0 Å². The molecule has 7 rings (SSSR count). The van der Waals surface area contributed by atoms with Gasteiger partial charge in [-0.2, -0.15) is 23.1 Å². The van der Waals surface area contributed by atoms with E-state index < -0.39 is 46.1 Å². The number of alkyl halides is 4. The summed E-state index contributed by atoms with van der Waals surface area (Å²) >= 11 is 6.56. The van der Waals surface area contributed by atoms with Gasteiger partial charge in [-0.05, 0) is 63.3 Å². The molecule has 4 fully saturated rings. The number of nitrogen functional groups attached to an aromatic ring is 1. The molecule has 230 valence electrons. The van der Waals surface area contributed by atoms with E-state index in [0.717, 1.165) is 44.7 Å². The lowest BCUT2D eigenvalue weighted by Gasteiger charge is -2.33. The molecule has 3 aliphatic heterocycles. The smallest absolute Gasteiger partial charge is 0.418 e. The highest BCUT2D eigenvalue weighted by molar-refractivity contribution is 6.34. The molecule has 3 aromatic rings. The zero-order valence-electron chi connectivity index (χ0n) is 23.4. The molecule has 8 nitrogen and oxygen atoms in total. The Kier molecular flexibility index (Phi) is 6.50. The number of nitrogens with two attached hydrogens (primary N) is 2. The van der Waals surface area contributed by atoms with E-state index in [0.29, 0.717) is 25.3 Å². The minimum Gasteiger partial charge on any atom is -0.461 e. The lowest BCUT2D eigenvalue weighted by molar-refractivity contribution is -0.137. The number of aryl methyl sites for hydroxylation is 1. The van der Waals surface area contributed by atoms with Crippen molar-refractivity contribution in [1.82, 2.24) is 19.9 Å². The van der Waals surface area contributed by atoms with Crippen molar-refractivity contribution in [2.75, 3.05) is 36.9 Å². The van der Waals surface area contributed by atoms with E-state index in [1.807, 2.05) is 4.90 Å². The zero-order chi connectivity index (χ0) is 30.5.